The minimum Gasteiger partial charge on any atom is -0.497 e. The number of fused-ring (bicyclic) bond motifs is 3. The second kappa shape index (κ2) is 7.90. The fraction of sp³-hybridized carbons (Fsp3) is 0.320. The topological polar surface area (TPSA) is 53.1 Å². The number of anilines is 1. The Bertz CT molecular complexity index is 1250. The summed E-state index contributed by atoms with van der Waals surface area (Å²) in [6, 6.07) is 11.8. The first kappa shape index (κ1) is 23.0. The van der Waals surface area contributed by atoms with Crippen LogP contribution in [-0.2, 0) is 15.1 Å². The van der Waals surface area contributed by atoms with Crippen LogP contribution >= 0.6 is 24.0 Å². The van der Waals surface area contributed by atoms with E-state index in [1.54, 1.807) is 26.3 Å². The molecule has 176 valence electrons. The van der Waals surface area contributed by atoms with Gasteiger partial charge < -0.3 is 9.64 Å². The molecule has 0 N–H and O–H groups in total. The summed E-state index contributed by atoms with van der Waals surface area (Å²) in [6.45, 7) is 4.40. The fourth-order valence-corrected chi connectivity index (χ4v) is 7.96. The van der Waals surface area contributed by atoms with E-state index in [9.17, 15) is 14.0 Å². The molecule has 2 fully saturated rings. The van der Waals surface area contributed by atoms with Crippen LogP contribution < -0.4 is 9.64 Å². The molecule has 3 atom stereocenters. The standard InChI is InChI=1S/C25H24FN3O3S2/c1-5-11-29-22(31)25(34-23(29)33)19(15-7-6-8-17(12-15)32-4)14-27(2)24(25)18-13-16(26)9-10-20(18)28(3)21(24)30/h5-10,12-13,19H,1,11,14H2,2-4H3. The van der Waals surface area contributed by atoms with Crippen molar-refractivity contribution in [3.8, 4) is 5.75 Å². The highest BCUT2D eigenvalue weighted by atomic mass is 32.2. The average molecular weight is 498 g/mol. The maximum Gasteiger partial charge on any atom is 0.254 e. The molecule has 2 saturated heterocycles. The molecule has 0 saturated carbocycles. The number of thiocarbonyl (C=S) groups is 1. The van der Waals surface area contributed by atoms with E-state index in [4.69, 9.17) is 17.0 Å². The molecule has 2 amide bonds. The summed E-state index contributed by atoms with van der Waals surface area (Å²) in [6.07, 6.45) is 1.62. The molecule has 34 heavy (non-hydrogen) atoms. The molecule has 9 heteroatoms. The van der Waals surface area contributed by atoms with E-state index in [0.29, 0.717) is 27.9 Å². The molecule has 3 heterocycles. The Kier molecular flexibility index (Phi) is 5.34. The van der Waals surface area contributed by atoms with Crippen LogP contribution in [0.1, 0.15) is 17.0 Å². The van der Waals surface area contributed by atoms with Gasteiger partial charge in [0.25, 0.3) is 5.91 Å². The molecule has 0 aromatic heterocycles. The highest BCUT2D eigenvalue weighted by Gasteiger charge is 2.78. The molecule has 6 nitrogen and oxygen atoms in total. The molecule has 0 bridgehead atoms. The number of likely N-dealkylation sites (N-methyl/N-ethyl adjacent to an activating group) is 2. The largest absolute Gasteiger partial charge is 0.497 e. The Morgan fingerprint density at radius 2 is 2.00 bits per heavy atom. The van der Waals surface area contributed by atoms with Gasteiger partial charge in [-0.15, -0.1) is 6.58 Å². The Hall–Kier alpha value is -2.75. The molecule has 0 radical (unpaired) electrons. The Morgan fingerprint density at radius 3 is 2.71 bits per heavy atom. The van der Waals surface area contributed by atoms with Gasteiger partial charge in [0.1, 0.15) is 20.6 Å². The number of likely N-dealkylation sites (tertiary alicyclic amines) is 1. The van der Waals surface area contributed by atoms with Gasteiger partial charge in [-0.2, -0.15) is 0 Å². The number of hydrogen-bond acceptors (Lipinski definition) is 6. The highest BCUT2D eigenvalue weighted by Crippen LogP contribution is 2.66. The zero-order valence-corrected chi connectivity index (χ0v) is 20.7. The molecule has 3 aliphatic heterocycles. The fourth-order valence-electron chi connectivity index (χ4n) is 5.81. The molecule has 0 aliphatic carbocycles. The van der Waals surface area contributed by atoms with Gasteiger partial charge in [0.15, 0.2) is 5.54 Å². The number of methoxy groups -OCH3 is 1. The van der Waals surface area contributed by atoms with Crippen molar-refractivity contribution in [1.82, 2.24) is 9.80 Å². The van der Waals surface area contributed by atoms with Crippen molar-refractivity contribution in [3.63, 3.8) is 0 Å². The smallest absolute Gasteiger partial charge is 0.254 e. The quantitative estimate of drug-likeness (QED) is 0.476. The first-order valence-corrected chi connectivity index (χ1v) is 12.1. The summed E-state index contributed by atoms with van der Waals surface area (Å²) >= 11 is 6.90. The lowest BCUT2D eigenvalue weighted by molar-refractivity contribution is -0.138. The predicted octanol–water partition coefficient (Wildman–Crippen LogP) is 3.52. The van der Waals surface area contributed by atoms with E-state index >= 15 is 0 Å². The molecular weight excluding hydrogens is 473 g/mol. The SMILES string of the molecule is C=CCN1C(=O)C2(SC1=S)C(c1cccc(OC)c1)CN(C)C21C(=O)N(C)c2ccc(F)cc21. The molecular formula is C25H24FN3O3S2. The summed E-state index contributed by atoms with van der Waals surface area (Å²) in [5.41, 5.74) is 0.490. The number of nitrogens with zero attached hydrogens (tertiary/aromatic N) is 3. The van der Waals surface area contributed by atoms with Crippen LogP contribution in [-0.4, -0.2) is 65.0 Å². The molecule has 3 unspecified atom stereocenters. The third-order valence-corrected chi connectivity index (χ3v) is 9.16. The summed E-state index contributed by atoms with van der Waals surface area (Å²) in [4.78, 5) is 33.5. The lowest BCUT2D eigenvalue weighted by Crippen LogP contribution is -2.62. The van der Waals surface area contributed by atoms with Gasteiger partial charge in [-0.3, -0.25) is 19.4 Å². The Labute approximate surface area is 207 Å². The summed E-state index contributed by atoms with van der Waals surface area (Å²) in [7, 11) is 5.07. The number of carbonyl (C=O) groups is 2. The molecule has 2 spiro atoms. The van der Waals surface area contributed by atoms with Crippen molar-refractivity contribution in [2.24, 2.45) is 0 Å². The molecule has 2 aromatic rings. The first-order valence-electron chi connectivity index (χ1n) is 10.8. The van der Waals surface area contributed by atoms with Gasteiger partial charge >= 0.3 is 0 Å². The minimum atomic E-state index is -1.44. The molecule has 5 rings (SSSR count). The van der Waals surface area contributed by atoms with Crippen molar-refractivity contribution >= 4 is 45.8 Å². The van der Waals surface area contributed by atoms with Crippen LogP contribution in [0.3, 0.4) is 0 Å². The number of hydrogen-bond donors (Lipinski definition) is 0. The number of halogens is 1. The Balaban J connectivity index is 1.84. The van der Waals surface area contributed by atoms with Crippen molar-refractivity contribution in [3.05, 3.63) is 72.1 Å². The van der Waals surface area contributed by atoms with E-state index in [-0.39, 0.29) is 18.4 Å². The van der Waals surface area contributed by atoms with E-state index in [1.807, 2.05) is 36.2 Å². The third kappa shape index (κ3) is 2.68. The van der Waals surface area contributed by atoms with Crippen molar-refractivity contribution < 1.29 is 18.7 Å². The zero-order valence-electron chi connectivity index (χ0n) is 19.1. The van der Waals surface area contributed by atoms with Crippen molar-refractivity contribution in [2.75, 3.05) is 39.2 Å². The van der Waals surface area contributed by atoms with Crippen LogP contribution in [0.4, 0.5) is 10.1 Å². The minimum absolute atomic E-state index is 0.233. The summed E-state index contributed by atoms with van der Waals surface area (Å²) in [5.74, 6) is -0.762. The van der Waals surface area contributed by atoms with Crippen molar-refractivity contribution in [1.29, 1.82) is 0 Å². The average Bonchev–Trinajstić information content (AvgIpc) is 3.33. The van der Waals surface area contributed by atoms with Gasteiger partial charge in [0.2, 0.25) is 5.91 Å². The number of benzene rings is 2. The van der Waals surface area contributed by atoms with E-state index < -0.39 is 22.0 Å². The number of rotatable bonds is 4. The van der Waals surface area contributed by atoms with Gasteiger partial charge in [-0.1, -0.05) is 42.2 Å². The lowest BCUT2D eigenvalue weighted by Gasteiger charge is -2.42. The normalized spacial score (nSPS) is 28.5. The van der Waals surface area contributed by atoms with Gasteiger partial charge in [0, 0.05) is 37.3 Å². The molecule has 3 aliphatic rings. The first-order chi connectivity index (χ1) is 16.2. The van der Waals surface area contributed by atoms with Gasteiger partial charge in [0.05, 0.1) is 7.11 Å². The van der Waals surface area contributed by atoms with E-state index in [1.165, 1.54) is 33.7 Å². The van der Waals surface area contributed by atoms with Gasteiger partial charge in [-0.25, -0.2) is 4.39 Å². The zero-order chi connectivity index (χ0) is 24.4. The van der Waals surface area contributed by atoms with Gasteiger partial charge in [-0.05, 0) is 42.9 Å². The second-order valence-electron chi connectivity index (χ2n) is 8.75. The summed E-state index contributed by atoms with van der Waals surface area (Å²) < 4.78 is 19.1. The number of ether oxygens (including phenoxy) is 1. The number of thioether (sulfide) groups is 1. The number of carbonyl (C=O) groups excluding carboxylic acids is 2. The van der Waals surface area contributed by atoms with Crippen LogP contribution in [0, 0.1) is 5.82 Å². The maximum atomic E-state index is 14.6. The number of amides is 2. The van der Waals surface area contributed by atoms with Crippen LogP contribution in [0.25, 0.3) is 0 Å². The van der Waals surface area contributed by atoms with E-state index in [2.05, 4.69) is 6.58 Å². The van der Waals surface area contributed by atoms with Crippen LogP contribution in [0.15, 0.2) is 55.1 Å². The van der Waals surface area contributed by atoms with E-state index in [0.717, 1.165) is 5.56 Å². The lowest BCUT2D eigenvalue weighted by atomic mass is 9.72. The monoisotopic (exact) mass is 497 g/mol. The Morgan fingerprint density at radius 1 is 1.24 bits per heavy atom. The van der Waals surface area contributed by atoms with Crippen LogP contribution in [0.2, 0.25) is 0 Å². The third-order valence-electron chi connectivity index (χ3n) is 7.22. The highest BCUT2D eigenvalue weighted by molar-refractivity contribution is 8.25. The summed E-state index contributed by atoms with van der Waals surface area (Å²) in [5, 5.41) is 0. The van der Waals surface area contributed by atoms with Crippen molar-refractivity contribution in [2.45, 2.75) is 16.2 Å². The predicted molar refractivity (Wildman–Crippen MR) is 135 cm³/mol. The van der Waals surface area contributed by atoms with Crippen LogP contribution in [0.5, 0.6) is 5.75 Å². The maximum absolute atomic E-state index is 14.6. The molecule has 2 aromatic carbocycles. The second-order valence-corrected chi connectivity index (χ2v) is 10.6.